The number of benzene rings is 1. The van der Waals surface area contributed by atoms with E-state index in [0.29, 0.717) is 5.92 Å². The highest BCUT2D eigenvalue weighted by Gasteiger charge is 2.33. The molecule has 0 spiro atoms. The summed E-state index contributed by atoms with van der Waals surface area (Å²) in [7, 11) is 0. The summed E-state index contributed by atoms with van der Waals surface area (Å²) in [5.74, 6) is 0.364. The summed E-state index contributed by atoms with van der Waals surface area (Å²) in [6.45, 7) is 12.2. The van der Waals surface area contributed by atoms with Gasteiger partial charge in [-0.15, -0.1) is 0 Å². The zero-order valence-electron chi connectivity index (χ0n) is 15.3. The van der Waals surface area contributed by atoms with Crippen LogP contribution >= 0.6 is 0 Å². The first-order valence-electron chi connectivity index (χ1n) is 8.69. The third-order valence-corrected chi connectivity index (χ3v) is 4.96. The molecule has 0 saturated carbocycles. The predicted octanol–water partition coefficient (Wildman–Crippen LogP) is 4.66. The molecule has 1 N–H and O–H groups in total. The molecule has 1 atom stereocenters. The summed E-state index contributed by atoms with van der Waals surface area (Å²) in [5.41, 5.74) is 5.65. The summed E-state index contributed by atoms with van der Waals surface area (Å²) in [4.78, 5) is 15.0. The van der Waals surface area contributed by atoms with Gasteiger partial charge >= 0.3 is 6.03 Å². The van der Waals surface area contributed by atoms with Gasteiger partial charge in [-0.05, 0) is 56.0 Å². The highest BCUT2D eigenvalue weighted by molar-refractivity contribution is 5.90. The summed E-state index contributed by atoms with van der Waals surface area (Å²) in [6.07, 6.45) is 0. The molecule has 1 aromatic carbocycles. The van der Waals surface area contributed by atoms with Crippen molar-refractivity contribution in [1.29, 1.82) is 0 Å². The maximum Gasteiger partial charge on any atom is 0.322 e. The van der Waals surface area contributed by atoms with Gasteiger partial charge in [0.1, 0.15) is 0 Å². The molecule has 1 aliphatic heterocycles. The van der Waals surface area contributed by atoms with E-state index in [0.717, 1.165) is 29.9 Å². The van der Waals surface area contributed by atoms with Crippen molar-refractivity contribution in [2.45, 2.75) is 47.2 Å². The fourth-order valence-corrected chi connectivity index (χ4v) is 3.65. The number of fused-ring (bicyclic) bond motifs is 1. The number of urea groups is 1. The first kappa shape index (κ1) is 16.6. The number of carbonyl (C=O) groups excluding carboxylic acids is 1. The minimum absolute atomic E-state index is 0.00694. The van der Waals surface area contributed by atoms with E-state index in [4.69, 9.17) is 0 Å². The van der Waals surface area contributed by atoms with E-state index in [2.05, 4.69) is 54.9 Å². The van der Waals surface area contributed by atoms with Gasteiger partial charge in [-0.25, -0.2) is 4.79 Å². The number of amides is 2. The number of hydrogen-bond donors (Lipinski definition) is 1. The van der Waals surface area contributed by atoms with Gasteiger partial charge in [0.05, 0.1) is 6.04 Å². The number of carbonyl (C=O) groups is 1. The van der Waals surface area contributed by atoms with Crippen LogP contribution in [-0.2, 0) is 6.54 Å². The number of rotatable bonds is 2. The Morgan fingerprint density at radius 3 is 2.58 bits per heavy atom. The molecule has 3 rings (SSSR count). The molecule has 0 radical (unpaired) electrons. The lowest BCUT2D eigenvalue weighted by Gasteiger charge is -2.39. The highest BCUT2D eigenvalue weighted by atomic mass is 16.2. The van der Waals surface area contributed by atoms with Crippen molar-refractivity contribution in [2.24, 2.45) is 5.92 Å². The van der Waals surface area contributed by atoms with E-state index in [9.17, 15) is 4.79 Å². The summed E-state index contributed by atoms with van der Waals surface area (Å²) in [5, 5.41) is 3.12. The fraction of sp³-hybridized carbons (Fsp3) is 0.450. The summed E-state index contributed by atoms with van der Waals surface area (Å²) >= 11 is 0. The van der Waals surface area contributed by atoms with E-state index < -0.39 is 0 Å². The quantitative estimate of drug-likeness (QED) is 0.857. The van der Waals surface area contributed by atoms with Crippen molar-refractivity contribution in [3.8, 4) is 0 Å². The first-order valence-corrected chi connectivity index (χ1v) is 8.69. The molecular formula is C20H27N3O. The molecule has 4 nitrogen and oxygen atoms in total. The normalized spacial score (nSPS) is 17.1. The standard InChI is InChI=1S/C20H27N3O/c1-13(2)19-18-9-8-16(5)22(18)10-11-23(19)20(24)21-17-12-14(3)6-7-15(17)4/h6-9,12-13,19H,10-11H2,1-5H3,(H,21,24)/t19-/m1/s1. The van der Waals surface area contributed by atoms with Crippen LogP contribution in [0.25, 0.3) is 0 Å². The van der Waals surface area contributed by atoms with Gasteiger partial charge in [0.25, 0.3) is 0 Å². The SMILES string of the molecule is Cc1ccc(C)c(NC(=O)N2CCn3c(C)ccc3[C@H]2C(C)C)c1. The van der Waals surface area contributed by atoms with Gasteiger partial charge < -0.3 is 14.8 Å². The molecule has 128 valence electrons. The van der Waals surface area contributed by atoms with E-state index in [1.165, 1.54) is 11.4 Å². The molecule has 0 saturated heterocycles. The molecule has 24 heavy (non-hydrogen) atoms. The zero-order chi connectivity index (χ0) is 17.4. The Morgan fingerprint density at radius 2 is 1.88 bits per heavy atom. The number of anilines is 1. The van der Waals surface area contributed by atoms with E-state index in [1.54, 1.807) is 0 Å². The number of aromatic nitrogens is 1. The first-order chi connectivity index (χ1) is 11.4. The second kappa shape index (κ2) is 6.34. The zero-order valence-corrected chi connectivity index (χ0v) is 15.3. The summed E-state index contributed by atoms with van der Waals surface area (Å²) < 4.78 is 2.34. The van der Waals surface area contributed by atoms with Gasteiger partial charge in [-0.3, -0.25) is 0 Å². The lowest BCUT2D eigenvalue weighted by atomic mass is 9.97. The van der Waals surface area contributed by atoms with Crippen molar-refractivity contribution < 1.29 is 4.79 Å². The Bertz CT molecular complexity index is 760. The molecule has 1 aliphatic rings. The lowest BCUT2D eigenvalue weighted by molar-refractivity contribution is 0.143. The smallest absolute Gasteiger partial charge is 0.322 e. The molecule has 0 fully saturated rings. The van der Waals surface area contributed by atoms with Gasteiger partial charge in [0, 0.05) is 30.2 Å². The van der Waals surface area contributed by atoms with E-state index in [-0.39, 0.29) is 12.1 Å². The fourth-order valence-electron chi connectivity index (χ4n) is 3.65. The molecule has 1 aromatic heterocycles. The van der Waals surface area contributed by atoms with E-state index in [1.807, 2.05) is 24.8 Å². The van der Waals surface area contributed by atoms with Gasteiger partial charge in [-0.2, -0.15) is 0 Å². The Kier molecular flexibility index (Phi) is 4.39. The third kappa shape index (κ3) is 2.93. The average Bonchev–Trinajstić information content (AvgIpc) is 2.91. The minimum Gasteiger partial charge on any atom is -0.345 e. The maximum atomic E-state index is 13.0. The van der Waals surface area contributed by atoms with Crippen molar-refractivity contribution in [1.82, 2.24) is 9.47 Å². The number of nitrogens with one attached hydrogen (secondary N) is 1. The Morgan fingerprint density at radius 1 is 1.12 bits per heavy atom. The second-order valence-corrected chi connectivity index (χ2v) is 7.18. The highest BCUT2D eigenvalue weighted by Crippen LogP contribution is 2.34. The molecule has 2 heterocycles. The van der Waals surface area contributed by atoms with Gasteiger partial charge in [0.2, 0.25) is 0 Å². The lowest BCUT2D eigenvalue weighted by Crippen LogP contribution is -2.46. The van der Waals surface area contributed by atoms with E-state index >= 15 is 0 Å². The Balaban J connectivity index is 1.88. The second-order valence-electron chi connectivity index (χ2n) is 7.18. The molecule has 2 aromatic rings. The monoisotopic (exact) mass is 325 g/mol. The van der Waals surface area contributed by atoms with Crippen LogP contribution < -0.4 is 5.32 Å². The van der Waals surface area contributed by atoms with Crippen molar-refractivity contribution in [2.75, 3.05) is 11.9 Å². The number of nitrogens with zero attached hydrogens (tertiary/aromatic N) is 2. The topological polar surface area (TPSA) is 37.3 Å². The van der Waals surface area contributed by atoms with Crippen LogP contribution in [0.5, 0.6) is 0 Å². The maximum absolute atomic E-state index is 13.0. The predicted molar refractivity (Wildman–Crippen MR) is 98.4 cm³/mol. The van der Waals surface area contributed by atoms with Crippen LogP contribution in [0.4, 0.5) is 10.5 Å². The third-order valence-electron chi connectivity index (χ3n) is 4.96. The Hall–Kier alpha value is -2.23. The van der Waals surface area contributed by atoms with Crippen molar-refractivity contribution in [3.63, 3.8) is 0 Å². The summed E-state index contributed by atoms with van der Waals surface area (Å²) in [6, 6.07) is 10.6. The van der Waals surface area contributed by atoms with Crippen LogP contribution in [0.1, 0.15) is 42.4 Å². The number of aryl methyl sites for hydroxylation is 3. The Labute approximate surface area is 144 Å². The van der Waals surface area contributed by atoms with Crippen LogP contribution in [0.2, 0.25) is 0 Å². The van der Waals surface area contributed by atoms with Crippen LogP contribution in [0.3, 0.4) is 0 Å². The van der Waals surface area contributed by atoms with Gasteiger partial charge in [-0.1, -0.05) is 26.0 Å². The average molecular weight is 325 g/mol. The molecule has 2 amide bonds. The van der Waals surface area contributed by atoms with Crippen LogP contribution in [-0.4, -0.2) is 22.0 Å². The number of hydrogen-bond acceptors (Lipinski definition) is 1. The van der Waals surface area contributed by atoms with Crippen LogP contribution in [0, 0.1) is 26.7 Å². The van der Waals surface area contributed by atoms with Crippen molar-refractivity contribution in [3.05, 3.63) is 52.8 Å². The minimum atomic E-state index is -0.00694. The van der Waals surface area contributed by atoms with Gasteiger partial charge in [0.15, 0.2) is 0 Å². The molecule has 0 unspecified atom stereocenters. The molecule has 0 aliphatic carbocycles. The largest absolute Gasteiger partial charge is 0.345 e. The molecule has 0 bridgehead atoms. The van der Waals surface area contributed by atoms with Crippen molar-refractivity contribution >= 4 is 11.7 Å². The molecule has 4 heteroatoms. The molecular weight excluding hydrogens is 298 g/mol. The van der Waals surface area contributed by atoms with Crippen LogP contribution in [0.15, 0.2) is 30.3 Å².